The number of rotatable bonds is 7. The maximum absolute atomic E-state index is 13.0. The molecule has 0 radical (unpaired) electrons. The van der Waals surface area contributed by atoms with Crippen LogP contribution in [0.5, 0.6) is 0 Å². The molecule has 2 aromatic rings. The summed E-state index contributed by atoms with van der Waals surface area (Å²) >= 11 is 12.1. The molecule has 1 heterocycles. The van der Waals surface area contributed by atoms with E-state index in [1.807, 2.05) is 0 Å². The zero-order valence-corrected chi connectivity index (χ0v) is 18.2. The Morgan fingerprint density at radius 2 is 1.74 bits per heavy atom. The van der Waals surface area contributed by atoms with E-state index < -0.39 is 23.6 Å². The van der Waals surface area contributed by atoms with Crippen LogP contribution in [0.3, 0.4) is 0 Å². The van der Waals surface area contributed by atoms with Crippen molar-refractivity contribution >= 4 is 52.5 Å². The molecule has 0 aromatic heterocycles. The fraction of sp³-hybridized carbons (Fsp3) is 0.182. The van der Waals surface area contributed by atoms with E-state index in [1.54, 1.807) is 25.1 Å². The van der Waals surface area contributed by atoms with Crippen LogP contribution < -0.4 is 5.32 Å². The van der Waals surface area contributed by atoms with Crippen LogP contribution in [-0.4, -0.2) is 53.1 Å². The first-order valence-electron chi connectivity index (χ1n) is 9.42. The number of anilines is 1. The highest BCUT2D eigenvalue weighted by molar-refractivity contribution is 6.39. The van der Waals surface area contributed by atoms with Gasteiger partial charge in [0.25, 0.3) is 17.7 Å². The summed E-state index contributed by atoms with van der Waals surface area (Å²) in [5.41, 5.74) is 0.854. The lowest BCUT2D eigenvalue weighted by molar-refractivity contribution is -0.116. The lowest BCUT2D eigenvalue weighted by Gasteiger charge is -2.21. The van der Waals surface area contributed by atoms with Gasteiger partial charge in [0.1, 0.15) is 6.54 Å². The average molecular weight is 460 g/mol. The van der Waals surface area contributed by atoms with E-state index in [1.165, 1.54) is 29.2 Å². The highest BCUT2D eigenvalue weighted by Crippen LogP contribution is 2.30. The largest absolute Gasteiger partial charge is 0.330 e. The van der Waals surface area contributed by atoms with Gasteiger partial charge in [-0.1, -0.05) is 35.3 Å². The number of likely N-dealkylation sites (N-methyl/N-ethyl adjacent to an activating group) is 1. The molecule has 0 bridgehead atoms. The Balaban J connectivity index is 1.77. The topological polar surface area (TPSA) is 86.8 Å². The number of carbonyl (C=O) groups excluding carboxylic acids is 4. The minimum atomic E-state index is -0.483. The van der Waals surface area contributed by atoms with Crippen LogP contribution in [0, 0.1) is 0 Å². The normalized spacial score (nSPS) is 12.5. The molecule has 1 aliphatic heterocycles. The van der Waals surface area contributed by atoms with Crippen LogP contribution in [0.4, 0.5) is 5.69 Å². The Kier molecular flexibility index (Phi) is 6.77. The summed E-state index contributed by atoms with van der Waals surface area (Å²) in [4.78, 5) is 52.6. The van der Waals surface area contributed by atoms with E-state index in [-0.39, 0.29) is 52.1 Å². The van der Waals surface area contributed by atoms with Crippen molar-refractivity contribution in [2.24, 2.45) is 0 Å². The molecule has 0 saturated carbocycles. The molecule has 3 rings (SSSR count). The van der Waals surface area contributed by atoms with Crippen LogP contribution in [0.1, 0.15) is 38.0 Å². The second kappa shape index (κ2) is 9.32. The second-order valence-corrected chi connectivity index (χ2v) is 7.55. The number of amides is 4. The third-order valence-electron chi connectivity index (χ3n) is 4.76. The Morgan fingerprint density at radius 1 is 1.10 bits per heavy atom. The van der Waals surface area contributed by atoms with Crippen molar-refractivity contribution in [2.75, 3.05) is 25.0 Å². The third kappa shape index (κ3) is 4.47. The van der Waals surface area contributed by atoms with Gasteiger partial charge in [-0.05, 0) is 37.3 Å². The Hall–Kier alpha value is -3.16. The molecule has 1 aliphatic rings. The van der Waals surface area contributed by atoms with Crippen LogP contribution >= 0.6 is 23.2 Å². The van der Waals surface area contributed by atoms with Gasteiger partial charge in [0.15, 0.2) is 0 Å². The molecule has 0 saturated heterocycles. The number of carbonyl (C=O) groups is 4. The van der Waals surface area contributed by atoms with Crippen molar-refractivity contribution in [1.29, 1.82) is 0 Å². The Morgan fingerprint density at radius 3 is 2.35 bits per heavy atom. The van der Waals surface area contributed by atoms with E-state index in [4.69, 9.17) is 23.2 Å². The van der Waals surface area contributed by atoms with E-state index >= 15 is 0 Å². The third-order valence-corrected chi connectivity index (χ3v) is 5.39. The first-order chi connectivity index (χ1) is 14.8. The summed E-state index contributed by atoms with van der Waals surface area (Å²) in [6.07, 6.45) is 1.45. The van der Waals surface area contributed by atoms with Gasteiger partial charge in [0.2, 0.25) is 5.91 Å². The van der Waals surface area contributed by atoms with E-state index in [9.17, 15) is 19.2 Å². The monoisotopic (exact) mass is 459 g/mol. The van der Waals surface area contributed by atoms with E-state index in [2.05, 4.69) is 11.9 Å². The quantitative estimate of drug-likeness (QED) is 0.502. The summed E-state index contributed by atoms with van der Waals surface area (Å²) < 4.78 is 0. The molecule has 9 heteroatoms. The fourth-order valence-corrected chi connectivity index (χ4v) is 3.69. The minimum Gasteiger partial charge on any atom is -0.330 e. The molecule has 0 aliphatic carbocycles. The smallest absolute Gasteiger partial charge is 0.261 e. The van der Waals surface area contributed by atoms with Gasteiger partial charge >= 0.3 is 0 Å². The van der Waals surface area contributed by atoms with Crippen LogP contribution in [0.2, 0.25) is 10.0 Å². The van der Waals surface area contributed by atoms with Gasteiger partial charge in [-0.2, -0.15) is 0 Å². The standard InChI is InChI=1S/C22H19Cl2N3O4/c1-3-10-27-21(30)14-9-8-13(11-15(14)22(27)31)20(29)26(4-2)12-18(28)25-19-16(23)6-5-7-17(19)24/h3,5-9,11H,1,4,10,12H2,2H3,(H,25,28). The molecule has 2 aromatic carbocycles. The van der Waals surface area contributed by atoms with Crippen LogP contribution in [0.15, 0.2) is 49.1 Å². The summed E-state index contributed by atoms with van der Waals surface area (Å²) in [6.45, 7) is 5.35. The van der Waals surface area contributed by atoms with Crippen molar-refractivity contribution in [2.45, 2.75) is 6.92 Å². The van der Waals surface area contributed by atoms with Crippen molar-refractivity contribution in [3.63, 3.8) is 0 Å². The highest BCUT2D eigenvalue weighted by atomic mass is 35.5. The first-order valence-corrected chi connectivity index (χ1v) is 10.2. The molecular weight excluding hydrogens is 441 g/mol. The van der Waals surface area contributed by atoms with Gasteiger partial charge in [-0.25, -0.2) is 0 Å². The maximum atomic E-state index is 13.0. The van der Waals surface area contributed by atoms with Crippen molar-refractivity contribution < 1.29 is 19.2 Å². The Bertz CT molecular complexity index is 1080. The van der Waals surface area contributed by atoms with Crippen molar-refractivity contribution in [1.82, 2.24) is 9.80 Å². The molecule has 7 nitrogen and oxygen atoms in total. The molecule has 0 atom stereocenters. The highest BCUT2D eigenvalue weighted by Gasteiger charge is 2.35. The number of halogens is 2. The van der Waals surface area contributed by atoms with Crippen LogP contribution in [0.25, 0.3) is 0 Å². The first kappa shape index (κ1) is 22.5. The predicted octanol–water partition coefficient (Wildman–Crippen LogP) is 3.88. The van der Waals surface area contributed by atoms with Gasteiger partial charge in [0.05, 0.1) is 26.9 Å². The summed E-state index contributed by atoms with van der Waals surface area (Å²) in [7, 11) is 0. The second-order valence-electron chi connectivity index (χ2n) is 6.73. The molecule has 4 amide bonds. The number of nitrogens with zero attached hydrogens (tertiary/aromatic N) is 2. The van der Waals surface area contributed by atoms with E-state index in [0.717, 1.165) is 4.90 Å². The van der Waals surface area contributed by atoms with Gasteiger partial charge in [-0.3, -0.25) is 24.1 Å². The molecule has 0 fully saturated rings. The fourth-order valence-electron chi connectivity index (χ4n) is 3.20. The summed E-state index contributed by atoms with van der Waals surface area (Å²) in [5.74, 6) is -1.84. The van der Waals surface area contributed by atoms with E-state index in [0.29, 0.717) is 0 Å². The maximum Gasteiger partial charge on any atom is 0.261 e. The molecule has 0 unspecified atom stereocenters. The van der Waals surface area contributed by atoms with Gasteiger partial charge in [-0.15, -0.1) is 6.58 Å². The zero-order valence-electron chi connectivity index (χ0n) is 16.7. The molecule has 0 spiro atoms. The number of hydrogen-bond acceptors (Lipinski definition) is 4. The zero-order chi connectivity index (χ0) is 22.7. The van der Waals surface area contributed by atoms with Crippen molar-refractivity contribution in [3.8, 4) is 0 Å². The number of hydrogen-bond donors (Lipinski definition) is 1. The Labute approximate surface area is 189 Å². The molecule has 31 heavy (non-hydrogen) atoms. The lowest BCUT2D eigenvalue weighted by Crippen LogP contribution is -2.38. The van der Waals surface area contributed by atoms with Gasteiger partial charge in [0, 0.05) is 18.7 Å². The lowest BCUT2D eigenvalue weighted by atomic mass is 10.0. The molecular formula is C22H19Cl2N3O4. The average Bonchev–Trinajstić information content (AvgIpc) is 2.99. The molecule has 160 valence electrons. The van der Waals surface area contributed by atoms with Crippen LogP contribution in [-0.2, 0) is 4.79 Å². The summed E-state index contributed by atoms with van der Waals surface area (Å²) in [5, 5.41) is 3.17. The van der Waals surface area contributed by atoms with Crippen molar-refractivity contribution in [3.05, 3.63) is 75.8 Å². The van der Waals surface area contributed by atoms with Gasteiger partial charge < -0.3 is 10.2 Å². The molecule has 1 N–H and O–H groups in total. The minimum absolute atomic E-state index is 0.0848. The number of para-hydroxylation sites is 1. The number of imide groups is 1. The number of fused-ring (bicyclic) bond motifs is 1. The predicted molar refractivity (Wildman–Crippen MR) is 119 cm³/mol. The number of nitrogens with one attached hydrogen (secondary N) is 1. The summed E-state index contributed by atoms with van der Waals surface area (Å²) in [6, 6.07) is 9.12. The number of benzene rings is 2. The SMILES string of the molecule is C=CCN1C(=O)c2ccc(C(=O)N(CC)CC(=O)Nc3c(Cl)cccc3Cl)cc2C1=O.